The minimum absolute atomic E-state index is 0.0321. The summed E-state index contributed by atoms with van der Waals surface area (Å²) in [4.78, 5) is 26.9. The number of nitrogens with one attached hydrogen (secondary N) is 2. The molecule has 1 aliphatic heterocycles. The van der Waals surface area contributed by atoms with Gasteiger partial charge in [-0.3, -0.25) is 25.3 Å². The van der Waals surface area contributed by atoms with Crippen molar-refractivity contribution in [2.45, 2.75) is 32.6 Å². The number of anilines is 1. The van der Waals surface area contributed by atoms with Gasteiger partial charge in [0, 0.05) is 13.0 Å². The molecular weight excluding hydrogens is 414 g/mol. The predicted molar refractivity (Wildman–Crippen MR) is 128 cm³/mol. The number of thioether (sulfide) groups is 1. The van der Waals surface area contributed by atoms with Crippen molar-refractivity contribution < 1.29 is 9.59 Å². The zero-order valence-electron chi connectivity index (χ0n) is 16.9. The van der Waals surface area contributed by atoms with E-state index < -0.39 is 0 Å². The summed E-state index contributed by atoms with van der Waals surface area (Å²) in [6, 6.07) is 17.5. The Morgan fingerprint density at radius 2 is 1.80 bits per heavy atom. The lowest BCUT2D eigenvalue weighted by molar-refractivity contribution is -0.122. The lowest BCUT2D eigenvalue weighted by Crippen LogP contribution is -2.29. The first-order chi connectivity index (χ1) is 14.5. The molecule has 0 aliphatic carbocycles. The average Bonchev–Trinajstić information content (AvgIpc) is 3.01. The van der Waals surface area contributed by atoms with Crippen LogP contribution in [-0.4, -0.2) is 27.6 Å². The van der Waals surface area contributed by atoms with Crippen molar-refractivity contribution in [2.75, 3.05) is 12.0 Å². The van der Waals surface area contributed by atoms with Crippen LogP contribution in [0, 0.1) is 6.92 Å². The summed E-state index contributed by atoms with van der Waals surface area (Å²) in [6.45, 7) is 2.62. The molecule has 1 aliphatic rings. The van der Waals surface area contributed by atoms with E-state index in [-0.39, 0.29) is 11.8 Å². The van der Waals surface area contributed by atoms with Gasteiger partial charge >= 0.3 is 0 Å². The molecule has 0 spiro atoms. The second-order valence-corrected chi connectivity index (χ2v) is 8.77. The molecule has 1 fully saturated rings. The molecule has 0 unspecified atom stereocenters. The van der Waals surface area contributed by atoms with Crippen LogP contribution in [0.25, 0.3) is 6.08 Å². The maximum atomic E-state index is 12.7. The van der Waals surface area contributed by atoms with E-state index in [1.54, 1.807) is 4.90 Å². The lowest BCUT2D eigenvalue weighted by atomic mass is 10.1. The molecule has 0 bridgehead atoms. The minimum Gasteiger partial charge on any atom is -0.299 e. The van der Waals surface area contributed by atoms with Crippen molar-refractivity contribution in [2.24, 2.45) is 0 Å². The second kappa shape index (κ2) is 10.9. The minimum atomic E-state index is -0.0505. The summed E-state index contributed by atoms with van der Waals surface area (Å²) in [7, 11) is 0. The number of amides is 2. The van der Waals surface area contributed by atoms with E-state index in [0.29, 0.717) is 22.2 Å². The number of rotatable bonds is 9. The van der Waals surface area contributed by atoms with Crippen LogP contribution in [0.4, 0.5) is 5.69 Å². The molecule has 2 aromatic carbocycles. The van der Waals surface area contributed by atoms with Gasteiger partial charge in [0.05, 0.1) is 10.6 Å². The molecule has 0 atom stereocenters. The molecular formula is C23H25N3O2S2. The van der Waals surface area contributed by atoms with Gasteiger partial charge in [-0.2, -0.15) is 0 Å². The topological polar surface area (TPSA) is 61.4 Å². The number of para-hydroxylation sites is 1. The number of carbonyl (C=O) groups excluding carboxylic acids is 2. The SMILES string of the molecule is Cc1ccc(/C=C2\SC(=S)N(CCCCCC(=O)NNc3ccccc3)C2=O)cc1. The molecule has 0 aromatic heterocycles. The Kier molecular flexibility index (Phi) is 8.04. The fourth-order valence-corrected chi connectivity index (χ4v) is 4.27. The van der Waals surface area contributed by atoms with Gasteiger partial charge in [0.25, 0.3) is 5.91 Å². The molecule has 2 N–H and O–H groups in total. The molecule has 156 valence electrons. The van der Waals surface area contributed by atoms with Crippen LogP contribution < -0.4 is 10.9 Å². The Hall–Kier alpha value is -2.64. The Bertz CT molecular complexity index is 927. The third-order valence-corrected chi connectivity index (χ3v) is 6.03. The molecule has 1 saturated heterocycles. The van der Waals surface area contributed by atoms with Gasteiger partial charge in [0.2, 0.25) is 5.91 Å². The van der Waals surface area contributed by atoms with E-state index in [2.05, 4.69) is 10.9 Å². The molecule has 30 heavy (non-hydrogen) atoms. The van der Waals surface area contributed by atoms with Crippen LogP contribution in [0.1, 0.15) is 36.8 Å². The Morgan fingerprint density at radius 3 is 2.53 bits per heavy atom. The van der Waals surface area contributed by atoms with Gasteiger partial charge in [-0.25, -0.2) is 0 Å². The van der Waals surface area contributed by atoms with E-state index in [9.17, 15) is 9.59 Å². The molecule has 3 rings (SSSR count). The number of unbranched alkanes of at least 4 members (excludes halogenated alkanes) is 2. The summed E-state index contributed by atoms with van der Waals surface area (Å²) in [5.74, 6) is -0.0825. The van der Waals surface area contributed by atoms with Crippen molar-refractivity contribution in [3.8, 4) is 0 Å². The highest BCUT2D eigenvalue weighted by Gasteiger charge is 2.31. The third-order valence-electron chi connectivity index (χ3n) is 4.65. The Morgan fingerprint density at radius 1 is 1.07 bits per heavy atom. The van der Waals surface area contributed by atoms with Crippen LogP contribution in [0.15, 0.2) is 59.5 Å². The number of thiocarbonyl (C=S) groups is 1. The number of nitrogens with zero attached hydrogens (tertiary/aromatic N) is 1. The maximum Gasteiger partial charge on any atom is 0.266 e. The van der Waals surface area contributed by atoms with Crippen molar-refractivity contribution in [3.63, 3.8) is 0 Å². The van der Waals surface area contributed by atoms with Crippen LogP contribution in [0.5, 0.6) is 0 Å². The normalized spacial score (nSPS) is 15.0. The van der Waals surface area contributed by atoms with Gasteiger partial charge in [-0.05, 0) is 43.5 Å². The van der Waals surface area contributed by atoms with Crippen molar-refractivity contribution >= 4 is 51.9 Å². The van der Waals surface area contributed by atoms with Crippen LogP contribution in [0.3, 0.4) is 0 Å². The van der Waals surface area contributed by atoms with Crippen LogP contribution in [-0.2, 0) is 9.59 Å². The first-order valence-corrected chi connectivity index (χ1v) is 11.2. The number of hydrogen-bond acceptors (Lipinski definition) is 5. The molecule has 5 nitrogen and oxygen atoms in total. The summed E-state index contributed by atoms with van der Waals surface area (Å²) >= 11 is 6.74. The summed E-state index contributed by atoms with van der Waals surface area (Å²) in [6.07, 6.45) is 4.75. The zero-order valence-corrected chi connectivity index (χ0v) is 18.5. The van der Waals surface area contributed by atoms with E-state index in [1.165, 1.54) is 17.3 Å². The molecule has 0 radical (unpaired) electrons. The highest BCUT2D eigenvalue weighted by molar-refractivity contribution is 8.26. The summed E-state index contributed by atoms with van der Waals surface area (Å²) in [5.41, 5.74) is 8.61. The van der Waals surface area contributed by atoms with E-state index in [0.717, 1.165) is 30.5 Å². The van der Waals surface area contributed by atoms with E-state index in [4.69, 9.17) is 12.2 Å². The standard InChI is InChI=1S/C23H25N3O2S2/c1-17-11-13-18(14-12-17)16-20-22(28)26(23(29)30-20)15-7-3-6-10-21(27)25-24-19-8-4-2-5-9-19/h2,4-5,8-9,11-14,16,24H,3,6-7,10,15H2,1H3,(H,25,27)/b20-16-. The molecule has 1 heterocycles. The molecule has 7 heteroatoms. The highest BCUT2D eigenvalue weighted by Crippen LogP contribution is 2.32. The van der Waals surface area contributed by atoms with Crippen LogP contribution >= 0.6 is 24.0 Å². The van der Waals surface area contributed by atoms with Gasteiger partial charge in [0.1, 0.15) is 4.32 Å². The average molecular weight is 440 g/mol. The largest absolute Gasteiger partial charge is 0.299 e. The van der Waals surface area contributed by atoms with E-state index >= 15 is 0 Å². The fourth-order valence-electron chi connectivity index (χ4n) is 2.96. The van der Waals surface area contributed by atoms with Crippen molar-refractivity contribution in [1.82, 2.24) is 10.3 Å². The van der Waals surface area contributed by atoms with Crippen LogP contribution in [0.2, 0.25) is 0 Å². The van der Waals surface area contributed by atoms with Gasteiger partial charge in [-0.15, -0.1) is 0 Å². The molecule has 2 aromatic rings. The van der Waals surface area contributed by atoms with Gasteiger partial charge in [0.15, 0.2) is 0 Å². The number of hydrazine groups is 1. The smallest absolute Gasteiger partial charge is 0.266 e. The molecule has 0 saturated carbocycles. The van der Waals surface area contributed by atoms with Crippen molar-refractivity contribution in [3.05, 3.63) is 70.6 Å². The monoisotopic (exact) mass is 439 g/mol. The zero-order chi connectivity index (χ0) is 21.3. The van der Waals surface area contributed by atoms with E-state index in [1.807, 2.05) is 67.6 Å². The number of carbonyl (C=O) groups is 2. The second-order valence-electron chi connectivity index (χ2n) is 7.09. The highest BCUT2D eigenvalue weighted by atomic mass is 32.2. The fraction of sp³-hybridized carbons (Fsp3) is 0.261. The number of hydrogen-bond donors (Lipinski definition) is 2. The summed E-state index contributed by atoms with van der Waals surface area (Å²) < 4.78 is 0.600. The predicted octanol–water partition coefficient (Wildman–Crippen LogP) is 4.90. The van der Waals surface area contributed by atoms with Crippen molar-refractivity contribution in [1.29, 1.82) is 0 Å². The quantitative estimate of drug-likeness (QED) is 0.252. The van der Waals surface area contributed by atoms with Gasteiger partial charge < -0.3 is 0 Å². The first-order valence-electron chi connectivity index (χ1n) is 9.95. The third kappa shape index (κ3) is 6.43. The molecule has 2 amide bonds. The van der Waals surface area contributed by atoms with Gasteiger partial charge in [-0.1, -0.05) is 78.4 Å². The summed E-state index contributed by atoms with van der Waals surface area (Å²) in [5, 5.41) is 0. The number of benzene rings is 2. The Balaban J connectivity index is 1.37. The maximum absolute atomic E-state index is 12.7. The lowest BCUT2D eigenvalue weighted by Gasteiger charge is -2.14. The first kappa shape index (κ1) is 22.1. The Labute approximate surface area is 186 Å². The number of aryl methyl sites for hydroxylation is 1.